The molecule has 3 aliphatic rings. The van der Waals surface area contributed by atoms with Crippen LogP contribution in [-0.4, -0.2) is 5.97 Å². The van der Waals surface area contributed by atoms with E-state index in [1.165, 1.54) is 64.2 Å². The fourth-order valence-electron chi connectivity index (χ4n) is 6.80. The van der Waals surface area contributed by atoms with Crippen LogP contribution in [0.25, 0.3) is 0 Å². The molecule has 0 spiro atoms. The van der Waals surface area contributed by atoms with Crippen molar-refractivity contribution in [2.75, 3.05) is 0 Å². The van der Waals surface area contributed by atoms with Crippen LogP contribution in [0.15, 0.2) is 12.1 Å². The van der Waals surface area contributed by atoms with Gasteiger partial charge in [-0.05, 0) is 92.1 Å². The van der Waals surface area contributed by atoms with Crippen LogP contribution in [0.5, 0.6) is 5.75 Å². The zero-order chi connectivity index (χ0) is 22.0. The number of hydrogen-bond acceptors (Lipinski definition) is 2. The molecule has 2 aliphatic carbocycles. The molecule has 2 fully saturated rings. The van der Waals surface area contributed by atoms with E-state index in [9.17, 15) is 4.79 Å². The molecule has 0 saturated heterocycles. The Hall–Kier alpha value is -1.38. The Morgan fingerprint density at radius 2 is 1.65 bits per heavy atom. The second-order valence-electron chi connectivity index (χ2n) is 10.7. The van der Waals surface area contributed by atoms with Gasteiger partial charge in [0.05, 0.1) is 5.92 Å². The Kier molecular flexibility index (Phi) is 7.39. The van der Waals surface area contributed by atoms with Gasteiger partial charge in [-0.15, -0.1) is 0 Å². The molecule has 0 radical (unpaired) electrons. The van der Waals surface area contributed by atoms with E-state index in [1.54, 1.807) is 0 Å². The van der Waals surface area contributed by atoms with Gasteiger partial charge in [0.15, 0.2) is 11.6 Å². The molecule has 2 unspecified atom stereocenters. The molecular formula is C28H41FO2. The van der Waals surface area contributed by atoms with Crippen LogP contribution >= 0.6 is 0 Å². The average Bonchev–Trinajstić information content (AvgIpc) is 2.80. The first-order valence-corrected chi connectivity index (χ1v) is 13.0. The normalized spacial score (nSPS) is 32.3. The molecule has 0 bridgehead atoms. The van der Waals surface area contributed by atoms with Gasteiger partial charge in [-0.1, -0.05) is 58.6 Å². The van der Waals surface area contributed by atoms with Gasteiger partial charge in [-0.3, -0.25) is 4.79 Å². The molecule has 0 N–H and O–H groups in total. The second kappa shape index (κ2) is 10.0. The van der Waals surface area contributed by atoms with Crippen molar-refractivity contribution >= 4 is 5.97 Å². The number of benzene rings is 1. The summed E-state index contributed by atoms with van der Waals surface area (Å²) in [6.45, 7) is 6.47. The van der Waals surface area contributed by atoms with Crippen molar-refractivity contribution in [3.8, 4) is 5.75 Å². The topological polar surface area (TPSA) is 26.3 Å². The Labute approximate surface area is 188 Å². The summed E-state index contributed by atoms with van der Waals surface area (Å²) in [5.41, 5.74) is 1.59. The van der Waals surface area contributed by atoms with E-state index in [4.69, 9.17) is 4.74 Å². The first-order valence-electron chi connectivity index (χ1n) is 13.0. The van der Waals surface area contributed by atoms with Gasteiger partial charge in [-0.2, -0.15) is 0 Å². The van der Waals surface area contributed by atoms with Gasteiger partial charge in [0.2, 0.25) is 0 Å². The summed E-state index contributed by atoms with van der Waals surface area (Å²) in [7, 11) is 0. The minimum Gasteiger partial charge on any atom is -0.423 e. The summed E-state index contributed by atoms with van der Waals surface area (Å²) >= 11 is 0. The summed E-state index contributed by atoms with van der Waals surface area (Å²) < 4.78 is 20.8. The standard InChI is InChI=1S/C28H41FO2/c1-4-6-19-7-9-22(10-8-19)23-13-11-21(12-14-23)18(3)25-16-15-24-17-20(5-2)28(30)31-27(24)26(25)29/h15-16,18-23H,4-14,17H2,1-3H3. The first-order chi connectivity index (χ1) is 15.0. The number of halogens is 1. The molecule has 1 heterocycles. The van der Waals surface area contributed by atoms with Crippen LogP contribution in [0.1, 0.15) is 108 Å². The highest BCUT2D eigenvalue weighted by Gasteiger charge is 2.35. The smallest absolute Gasteiger partial charge is 0.314 e. The lowest BCUT2D eigenvalue weighted by molar-refractivity contribution is -0.140. The van der Waals surface area contributed by atoms with Crippen molar-refractivity contribution in [1.82, 2.24) is 0 Å². The highest BCUT2D eigenvalue weighted by atomic mass is 19.1. The Bertz CT molecular complexity index is 757. The number of fused-ring (bicyclic) bond motifs is 1. The third-order valence-electron chi connectivity index (χ3n) is 8.97. The lowest BCUT2D eigenvalue weighted by atomic mass is 9.66. The van der Waals surface area contributed by atoms with Gasteiger partial charge >= 0.3 is 5.97 Å². The summed E-state index contributed by atoms with van der Waals surface area (Å²) in [6.07, 6.45) is 14.8. The predicted molar refractivity (Wildman–Crippen MR) is 124 cm³/mol. The van der Waals surface area contributed by atoms with E-state index < -0.39 is 0 Å². The largest absolute Gasteiger partial charge is 0.423 e. The molecule has 2 nitrogen and oxygen atoms in total. The van der Waals surface area contributed by atoms with Crippen LogP contribution in [0.3, 0.4) is 0 Å². The van der Waals surface area contributed by atoms with Crippen molar-refractivity contribution in [2.45, 2.75) is 104 Å². The van der Waals surface area contributed by atoms with E-state index in [2.05, 4.69) is 13.8 Å². The van der Waals surface area contributed by atoms with E-state index in [0.717, 1.165) is 35.3 Å². The molecule has 2 saturated carbocycles. The van der Waals surface area contributed by atoms with Crippen LogP contribution in [0, 0.1) is 35.4 Å². The lowest BCUT2D eigenvalue weighted by Gasteiger charge is -2.39. The zero-order valence-corrected chi connectivity index (χ0v) is 19.8. The quantitative estimate of drug-likeness (QED) is 0.341. The molecule has 172 valence electrons. The Balaban J connectivity index is 1.36. The van der Waals surface area contributed by atoms with E-state index in [-0.39, 0.29) is 29.4 Å². The van der Waals surface area contributed by atoms with Crippen molar-refractivity contribution in [3.63, 3.8) is 0 Å². The average molecular weight is 429 g/mol. The monoisotopic (exact) mass is 428 g/mol. The van der Waals surface area contributed by atoms with Gasteiger partial charge < -0.3 is 4.74 Å². The molecular weight excluding hydrogens is 387 g/mol. The molecule has 0 amide bonds. The Morgan fingerprint density at radius 1 is 1.00 bits per heavy atom. The highest BCUT2D eigenvalue weighted by Crippen LogP contribution is 2.46. The van der Waals surface area contributed by atoms with E-state index in [1.807, 2.05) is 19.1 Å². The molecule has 1 aromatic carbocycles. The number of esters is 1. The van der Waals surface area contributed by atoms with Crippen molar-refractivity contribution in [2.24, 2.45) is 29.6 Å². The lowest BCUT2D eigenvalue weighted by Crippen LogP contribution is -2.29. The van der Waals surface area contributed by atoms with Crippen molar-refractivity contribution < 1.29 is 13.9 Å². The van der Waals surface area contributed by atoms with Crippen molar-refractivity contribution in [3.05, 3.63) is 29.1 Å². The first kappa shape index (κ1) is 22.8. The molecule has 1 aromatic rings. The fourth-order valence-corrected chi connectivity index (χ4v) is 6.80. The van der Waals surface area contributed by atoms with E-state index >= 15 is 4.39 Å². The zero-order valence-electron chi connectivity index (χ0n) is 19.8. The van der Waals surface area contributed by atoms with Crippen molar-refractivity contribution in [1.29, 1.82) is 0 Å². The summed E-state index contributed by atoms with van der Waals surface area (Å²) in [5.74, 6) is 3.00. The molecule has 3 heteroatoms. The highest BCUT2D eigenvalue weighted by molar-refractivity contribution is 5.78. The van der Waals surface area contributed by atoms with Crippen LogP contribution in [0.4, 0.5) is 4.39 Å². The maximum absolute atomic E-state index is 15.4. The second-order valence-corrected chi connectivity index (χ2v) is 10.7. The SMILES string of the molecule is CCCC1CCC(C2CCC(C(C)c3ccc4c(c3F)OC(=O)C(CC)C4)CC2)CC1. The molecule has 4 rings (SSSR count). The maximum atomic E-state index is 15.4. The third kappa shape index (κ3) is 4.86. The maximum Gasteiger partial charge on any atom is 0.314 e. The number of hydrogen-bond donors (Lipinski definition) is 0. The number of ether oxygens (including phenoxy) is 1. The summed E-state index contributed by atoms with van der Waals surface area (Å²) in [6, 6.07) is 3.96. The fraction of sp³-hybridized carbons (Fsp3) is 0.750. The number of carbonyl (C=O) groups excluding carboxylic acids is 1. The van der Waals surface area contributed by atoms with Crippen LogP contribution < -0.4 is 4.74 Å². The van der Waals surface area contributed by atoms with Gasteiger partial charge in [0, 0.05) is 0 Å². The Morgan fingerprint density at radius 3 is 2.26 bits per heavy atom. The third-order valence-corrected chi connectivity index (χ3v) is 8.97. The molecule has 0 aromatic heterocycles. The molecule has 1 aliphatic heterocycles. The van der Waals surface area contributed by atoms with Gasteiger partial charge in [0.1, 0.15) is 0 Å². The van der Waals surface area contributed by atoms with Gasteiger partial charge in [0.25, 0.3) is 0 Å². The summed E-state index contributed by atoms with van der Waals surface area (Å²) in [4.78, 5) is 12.2. The number of rotatable bonds is 6. The predicted octanol–water partition coefficient (Wildman–Crippen LogP) is 7.83. The summed E-state index contributed by atoms with van der Waals surface area (Å²) in [5, 5.41) is 0. The molecule has 31 heavy (non-hydrogen) atoms. The minimum absolute atomic E-state index is 0.137. The number of carbonyl (C=O) groups is 1. The van der Waals surface area contributed by atoms with Crippen LogP contribution in [0.2, 0.25) is 0 Å². The van der Waals surface area contributed by atoms with E-state index in [0.29, 0.717) is 12.3 Å². The molecule has 2 atom stereocenters. The minimum atomic E-state index is -0.288. The van der Waals surface area contributed by atoms with Crippen LogP contribution in [-0.2, 0) is 11.2 Å². The van der Waals surface area contributed by atoms with Gasteiger partial charge in [-0.25, -0.2) is 4.39 Å².